The highest BCUT2D eigenvalue weighted by molar-refractivity contribution is 9.10. The van der Waals surface area contributed by atoms with Crippen LogP contribution in [-0.2, 0) is 16.6 Å². The van der Waals surface area contributed by atoms with Crippen molar-refractivity contribution >= 4 is 33.5 Å². The Hall–Kier alpha value is -1.32. The highest BCUT2D eigenvalue weighted by atomic mass is 79.9. The number of aryl methyl sites for hydroxylation is 1. The molecule has 0 fully saturated rings. The Morgan fingerprint density at radius 1 is 1.24 bits per heavy atom. The monoisotopic (exact) mass is 364 g/mol. The molecule has 21 heavy (non-hydrogen) atoms. The summed E-state index contributed by atoms with van der Waals surface area (Å²) in [7, 11) is 0. The Bertz CT molecular complexity index is 696. The Balaban J connectivity index is 2.17. The van der Waals surface area contributed by atoms with Crippen LogP contribution in [0, 0.1) is 0 Å². The van der Waals surface area contributed by atoms with Crippen molar-refractivity contribution in [1.29, 1.82) is 0 Å². The van der Waals surface area contributed by atoms with Crippen molar-refractivity contribution in [3.63, 3.8) is 0 Å². The summed E-state index contributed by atoms with van der Waals surface area (Å²) in [5.41, 5.74) is 2.92. The van der Waals surface area contributed by atoms with E-state index < -0.39 is 11.4 Å². The quantitative estimate of drug-likeness (QED) is 0.847. The van der Waals surface area contributed by atoms with Gasteiger partial charge in [0.15, 0.2) is 0 Å². The van der Waals surface area contributed by atoms with Crippen molar-refractivity contribution in [2.45, 2.75) is 24.7 Å². The van der Waals surface area contributed by atoms with Gasteiger partial charge in [-0.2, -0.15) is 0 Å². The van der Waals surface area contributed by atoms with Crippen LogP contribution >= 0.6 is 27.5 Å². The van der Waals surface area contributed by atoms with Gasteiger partial charge in [-0.05, 0) is 53.8 Å². The molecule has 2 aromatic rings. The SMILES string of the molecule is O=C(O)CC1(c2ccc(Cl)cc2)CCc2cc(Br)ccc21. The van der Waals surface area contributed by atoms with Gasteiger partial charge in [0, 0.05) is 14.9 Å². The molecule has 0 radical (unpaired) electrons. The van der Waals surface area contributed by atoms with Crippen LogP contribution in [0.1, 0.15) is 29.5 Å². The molecule has 0 bridgehead atoms. The zero-order valence-electron chi connectivity index (χ0n) is 11.3. The molecule has 3 rings (SSSR count). The van der Waals surface area contributed by atoms with E-state index in [-0.39, 0.29) is 6.42 Å². The molecule has 4 heteroatoms. The molecule has 0 saturated carbocycles. The van der Waals surface area contributed by atoms with Crippen LogP contribution in [0.25, 0.3) is 0 Å². The molecule has 0 aliphatic heterocycles. The number of carboxylic acids is 1. The van der Waals surface area contributed by atoms with Gasteiger partial charge in [0.1, 0.15) is 0 Å². The largest absolute Gasteiger partial charge is 0.481 e. The van der Waals surface area contributed by atoms with Crippen molar-refractivity contribution in [2.75, 3.05) is 0 Å². The van der Waals surface area contributed by atoms with Gasteiger partial charge in [0.2, 0.25) is 0 Å². The third-order valence-electron chi connectivity index (χ3n) is 4.25. The topological polar surface area (TPSA) is 37.3 Å². The maximum absolute atomic E-state index is 11.4. The summed E-state index contributed by atoms with van der Waals surface area (Å²) in [4.78, 5) is 11.4. The van der Waals surface area contributed by atoms with Crippen LogP contribution in [0.15, 0.2) is 46.9 Å². The van der Waals surface area contributed by atoms with Gasteiger partial charge in [0.05, 0.1) is 6.42 Å². The molecule has 2 aromatic carbocycles. The maximum Gasteiger partial charge on any atom is 0.304 e. The predicted octanol–water partition coefficient (Wildman–Crippen LogP) is 4.81. The number of rotatable bonds is 3. The molecule has 1 N–H and O–H groups in total. The summed E-state index contributed by atoms with van der Waals surface area (Å²) in [6, 6.07) is 13.7. The number of carbonyl (C=O) groups is 1. The van der Waals surface area contributed by atoms with Crippen molar-refractivity contribution < 1.29 is 9.90 Å². The van der Waals surface area contributed by atoms with E-state index in [9.17, 15) is 9.90 Å². The summed E-state index contributed by atoms with van der Waals surface area (Å²) < 4.78 is 1.03. The van der Waals surface area contributed by atoms with Crippen LogP contribution in [0.4, 0.5) is 0 Å². The lowest BCUT2D eigenvalue weighted by Gasteiger charge is -2.29. The third kappa shape index (κ3) is 2.60. The Morgan fingerprint density at radius 3 is 2.62 bits per heavy atom. The number of benzene rings is 2. The first-order valence-corrected chi connectivity index (χ1v) is 7.95. The molecule has 2 nitrogen and oxygen atoms in total. The molecule has 1 aliphatic carbocycles. The fraction of sp³-hybridized carbons (Fsp3) is 0.235. The Kier molecular flexibility index (Phi) is 3.80. The van der Waals surface area contributed by atoms with E-state index >= 15 is 0 Å². The number of aliphatic carboxylic acids is 1. The second-order valence-electron chi connectivity index (χ2n) is 5.46. The molecule has 1 aliphatic rings. The average Bonchev–Trinajstić information content (AvgIpc) is 2.78. The minimum absolute atomic E-state index is 0.100. The van der Waals surface area contributed by atoms with E-state index in [0.29, 0.717) is 5.02 Å². The fourth-order valence-corrected chi connectivity index (χ4v) is 3.87. The van der Waals surface area contributed by atoms with Crippen molar-refractivity contribution in [2.24, 2.45) is 0 Å². The van der Waals surface area contributed by atoms with Gasteiger partial charge in [-0.25, -0.2) is 0 Å². The Labute approximate surface area is 136 Å². The number of halogens is 2. The van der Waals surface area contributed by atoms with Gasteiger partial charge in [0.25, 0.3) is 0 Å². The second kappa shape index (κ2) is 5.47. The van der Waals surface area contributed by atoms with Crippen LogP contribution in [0.5, 0.6) is 0 Å². The van der Waals surface area contributed by atoms with Crippen molar-refractivity contribution in [1.82, 2.24) is 0 Å². The van der Waals surface area contributed by atoms with Gasteiger partial charge < -0.3 is 5.11 Å². The van der Waals surface area contributed by atoms with Crippen LogP contribution in [-0.4, -0.2) is 11.1 Å². The Morgan fingerprint density at radius 2 is 1.95 bits per heavy atom. The van der Waals surface area contributed by atoms with E-state index in [1.807, 2.05) is 36.4 Å². The summed E-state index contributed by atoms with van der Waals surface area (Å²) in [5, 5.41) is 10.1. The number of fused-ring (bicyclic) bond motifs is 1. The fourth-order valence-electron chi connectivity index (χ4n) is 3.33. The summed E-state index contributed by atoms with van der Waals surface area (Å²) in [6.45, 7) is 0. The minimum Gasteiger partial charge on any atom is -0.481 e. The number of hydrogen-bond donors (Lipinski definition) is 1. The molecule has 0 aromatic heterocycles. The smallest absolute Gasteiger partial charge is 0.304 e. The predicted molar refractivity (Wildman–Crippen MR) is 86.9 cm³/mol. The lowest BCUT2D eigenvalue weighted by Crippen LogP contribution is -2.28. The molecular formula is C17H14BrClO2. The van der Waals surface area contributed by atoms with Gasteiger partial charge >= 0.3 is 5.97 Å². The third-order valence-corrected chi connectivity index (χ3v) is 5.00. The lowest BCUT2D eigenvalue weighted by atomic mass is 9.73. The minimum atomic E-state index is -0.777. The van der Waals surface area contributed by atoms with Gasteiger partial charge in [-0.1, -0.05) is 45.7 Å². The number of hydrogen-bond acceptors (Lipinski definition) is 1. The molecule has 0 heterocycles. The first-order valence-electron chi connectivity index (χ1n) is 6.78. The summed E-state index contributed by atoms with van der Waals surface area (Å²) in [6.07, 6.45) is 1.81. The normalized spacial score (nSPS) is 20.3. The molecule has 1 unspecified atom stereocenters. The van der Waals surface area contributed by atoms with Crippen molar-refractivity contribution in [3.05, 3.63) is 68.7 Å². The standard InChI is InChI=1S/C17H14BrClO2/c18-13-3-6-15-11(9-13)7-8-17(15,10-16(20)21)12-1-4-14(19)5-2-12/h1-6,9H,7-8,10H2,(H,20,21). The van der Waals surface area contributed by atoms with Crippen LogP contribution in [0.2, 0.25) is 5.02 Å². The highest BCUT2D eigenvalue weighted by Crippen LogP contribution is 2.47. The van der Waals surface area contributed by atoms with E-state index in [4.69, 9.17) is 11.6 Å². The summed E-state index contributed by atoms with van der Waals surface area (Å²) in [5.74, 6) is -0.777. The molecule has 0 saturated heterocycles. The van der Waals surface area contributed by atoms with Crippen LogP contribution < -0.4 is 0 Å². The second-order valence-corrected chi connectivity index (χ2v) is 6.81. The molecule has 0 spiro atoms. The zero-order valence-corrected chi connectivity index (χ0v) is 13.6. The number of carboxylic acid groups (broad SMARTS) is 1. The van der Waals surface area contributed by atoms with E-state index in [1.165, 1.54) is 5.56 Å². The summed E-state index contributed by atoms with van der Waals surface area (Å²) >= 11 is 9.45. The van der Waals surface area contributed by atoms with E-state index in [2.05, 4.69) is 22.0 Å². The van der Waals surface area contributed by atoms with Gasteiger partial charge in [-0.3, -0.25) is 4.79 Å². The van der Waals surface area contributed by atoms with Crippen LogP contribution in [0.3, 0.4) is 0 Å². The first kappa shape index (κ1) is 14.6. The zero-order chi connectivity index (χ0) is 15.0. The van der Waals surface area contributed by atoms with Crippen molar-refractivity contribution in [3.8, 4) is 0 Å². The molecule has 108 valence electrons. The van der Waals surface area contributed by atoms with Gasteiger partial charge in [-0.15, -0.1) is 0 Å². The van der Waals surface area contributed by atoms with E-state index in [1.54, 1.807) is 0 Å². The lowest BCUT2D eigenvalue weighted by molar-refractivity contribution is -0.138. The maximum atomic E-state index is 11.4. The highest BCUT2D eigenvalue weighted by Gasteiger charge is 2.42. The molecular weight excluding hydrogens is 352 g/mol. The van der Waals surface area contributed by atoms with E-state index in [0.717, 1.165) is 28.4 Å². The first-order chi connectivity index (χ1) is 10.0. The molecule has 1 atom stereocenters. The molecule has 0 amide bonds. The average molecular weight is 366 g/mol.